The van der Waals surface area contributed by atoms with E-state index in [2.05, 4.69) is 5.32 Å². The van der Waals surface area contributed by atoms with Crippen LogP contribution in [-0.4, -0.2) is 17.0 Å². The minimum atomic E-state index is -0.934. The summed E-state index contributed by atoms with van der Waals surface area (Å²) in [5.41, 5.74) is -0.121. The standard InChI is InChI=1S/C14H14FNO3/c15-11-4-2-1-3-10(11)14(5-6-14)16-12(17)8-7-9(8)13(18)19/h1-4,8-9H,5-7H2,(H,16,17)(H,18,19)/t8-,9+/m0/s1. The van der Waals surface area contributed by atoms with Crippen molar-refractivity contribution >= 4 is 11.9 Å². The largest absolute Gasteiger partial charge is 0.481 e. The molecule has 0 bridgehead atoms. The highest BCUT2D eigenvalue weighted by Crippen LogP contribution is 2.48. The Morgan fingerprint density at radius 3 is 2.47 bits per heavy atom. The van der Waals surface area contributed by atoms with E-state index < -0.39 is 23.3 Å². The Morgan fingerprint density at radius 2 is 1.95 bits per heavy atom. The van der Waals surface area contributed by atoms with E-state index in [4.69, 9.17) is 5.11 Å². The number of hydrogen-bond donors (Lipinski definition) is 2. The van der Waals surface area contributed by atoms with Crippen LogP contribution in [-0.2, 0) is 15.1 Å². The van der Waals surface area contributed by atoms with Crippen molar-refractivity contribution in [2.75, 3.05) is 0 Å². The number of rotatable bonds is 4. The van der Waals surface area contributed by atoms with Crippen LogP contribution in [0.4, 0.5) is 4.39 Å². The van der Waals surface area contributed by atoms with Crippen molar-refractivity contribution in [3.63, 3.8) is 0 Å². The summed E-state index contributed by atoms with van der Waals surface area (Å²) in [6, 6.07) is 6.39. The highest BCUT2D eigenvalue weighted by atomic mass is 19.1. The molecule has 19 heavy (non-hydrogen) atoms. The first-order valence-corrected chi connectivity index (χ1v) is 6.33. The van der Waals surface area contributed by atoms with E-state index in [1.807, 2.05) is 0 Å². The second-order valence-electron chi connectivity index (χ2n) is 5.34. The first-order valence-electron chi connectivity index (χ1n) is 6.33. The number of hydrogen-bond acceptors (Lipinski definition) is 2. The number of amides is 1. The lowest BCUT2D eigenvalue weighted by Crippen LogP contribution is -2.37. The maximum Gasteiger partial charge on any atom is 0.307 e. The summed E-state index contributed by atoms with van der Waals surface area (Å²) in [5.74, 6) is -2.56. The topological polar surface area (TPSA) is 66.4 Å². The molecule has 3 rings (SSSR count). The van der Waals surface area contributed by atoms with E-state index >= 15 is 0 Å². The lowest BCUT2D eigenvalue weighted by molar-refractivity contribution is -0.140. The molecule has 1 aromatic rings. The van der Waals surface area contributed by atoms with Crippen LogP contribution in [0.25, 0.3) is 0 Å². The molecular formula is C14H14FNO3. The minimum Gasteiger partial charge on any atom is -0.481 e. The van der Waals surface area contributed by atoms with Gasteiger partial charge in [0.05, 0.1) is 17.4 Å². The van der Waals surface area contributed by atoms with Crippen LogP contribution < -0.4 is 5.32 Å². The highest BCUT2D eigenvalue weighted by molar-refractivity contribution is 5.90. The SMILES string of the molecule is O=C(NC1(c2ccccc2F)CC1)[C@H]1C[C@H]1C(=O)O. The third-order valence-corrected chi connectivity index (χ3v) is 3.95. The maximum atomic E-state index is 13.8. The van der Waals surface area contributed by atoms with E-state index in [1.54, 1.807) is 18.2 Å². The molecule has 2 saturated carbocycles. The lowest BCUT2D eigenvalue weighted by atomic mass is 10.0. The number of benzene rings is 1. The molecule has 0 radical (unpaired) electrons. The first kappa shape index (κ1) is 12.1. The molecule has 1 amide bonds. The number of nitrogens with one attached hydrogen (secondary N) is 1. The summed E-state index contributed by atoms with van der Waals surface area (Å²) in [5, 5.41) is 11.6. The fraction of sp³-hybridized carbons (Fsp3) is 0.429. The zero-order valence-electron chi connectivity index (χ0n) is 10.2. The predicted octanol–water partition coefficient (Wildman–Crippen LogP) is 1.65. The van der Waals surface area contributed by atoms with Crippen molar-refractivity contribution in [1.29, 1.82) is 0 Å². The Kier molecular flexibility index (Phi) is 2.59. The molecule has 2 aliphatic carbocycles. The highest BCUT2D eigenvalue weighted by Gasteiger charge is 2.53. The molecule has 1 aromatic carbocycles. The van der Waals surface area contributed by atoms with Crippen LogP contribution in [0.5, 0.6) is 0 Å². The number of carboxylic acid groups (broad SMARTS) is 1. The van der Waals surface area contributed by atoms with Crippen LogP contribution in [0.15, 0.2) is 24.3 Å². The summed E-state index contributed by atoms with van der Waals surface area (Å²) >= 11 is 0. The smallest absolute Gasteiger partial charge is 0.307 e. The number of carbonyl (C=O) groups excluding carboxylic acids is 1. The van der Waals surface area contributed by atoms with Gasteiger partial charge in [0.1, 0.15) is 5.82 Å². The summed E-state index contributed by atoms with van der Waals surface area (Å²) in [6.07, 6.45) is 1.78. The van der Waals surface area contributed by atoms with Crippen molar-refractivity contribution in [3.05, 3.63) is 35.6 Å². The van der Waals surface area contributed by atoms with Gasteiger partial charge in [-0.25, -0.2) is 4.39 Å². The second-order valence-corrected chi connectivity index (χ2v) is 5.34. The van der Waals surface area contributed by atoms with Crippen LogP contribution in [0, 0.1) is 17.7 Å². The molecule has 2 fully saturated rings. The van der Waals surface area contributed by atoms with E-state index in [-0.39, 0.29) is 11.7 Å². The Morgan fingerprint density at radius 1 is 1.26 bits per heavy atom. The normalized spacial score (nSPS) is 26.6. The fourth-order valence-corrected chi connectivity index (χ4v) is 2.52. The predicted molar refractivity (Wildman–Crippen MR) is 64.7 cm³/mol. The van der Waals surface area contributed by atoms with E-state index in [0.717, 1.165) is 0 Å². The molecule has 100 valence electrons. The Balaban J connectivity index is 1.72. The molecule has 4 nitrogen and oxygen atoms in total. The zero-order valence-corrected chi connectivity index (χ0v) is 10.2. The quantitative estimate of drug-likeness (QED) is 0.868. The number of halogens is 1. The van der Waals surface area contributed by atoms with Crippen molar-refractivity contribution in [3.8, 4) is 0 Å². The van der Waals surface area contributed by atoms with Gasteiger partial charge in [-0.1, -0.05) is 18.2 Å². The molecule has 0 saturated heterocycles. The average molecular weight is 263 g/mol. The summed E-state index contributed by atoms with van der Waals surface area (Å²) in [6.45, 7) is 0. The van der Waals surface area contributed by atoms with Gasteiger partial charge < -0.3 is 10.4 Å². The van der Waals surface area contributed by atoms with E-state index in [1.165, 1.54) is 6.07 Å². The Labute approximate surface area is 109 Å². The van der Waals surface area contributed by atoms with Gasteiger partial charge >= 0.3 is 5.97 Å². The molecular weight excluding hydrogens is 249 g/mol. The van der Waals surface area contributed by atoms with Crippen LogP contribution in [0.2, 0.25) is 0 Å². The summed E-state index contributed by atoms with van der Waals surface area (Å²) in [7, 11) is 0. The molecule has 0 aliphatic heterocycles. The van der Waals surface area contributed by atoms with Crippen LogP contribution in [0.3, 0.4) is 0 Å². The van der Waals surface area contributed by atoms with Gasteiger partial charge in [-0.15, -0.1) is 0 Å². The van der Waals surface area contributed by atoms with Gasteiger partial charge in [0.25, 0.3) is 0 Å². The third-order valence-electron chi connectivity index (χ3n) is 3.95. The molecule has 0 aromatic heterocycles. The molecule has 2 N–H and O–H groups in total. The minimum absolute atomic E-state index is 0.270. The Hall–Kier alpha value is -1.91. The van der Waals surface area contributed by atoms with Crippen molar-refractivity contribution in [1.82, 2.24) is 5.32 Å². The zero-order chi connectivity index (χ0) is 13.6. The molecule has 0 heterocycles. The van der Waals surface area contributed by atoms with Crippen LogP contribution >= 0.6 is 0 Å². The molecule has 2 aliphatic rings. The van der Waals surface area contributed by atoms with E-state index in [9.17, 15) is 14.0 Å². The van der Waals surface area contributed by atoms with Gasteiger partial charge in [0.2, 0.25) is 5.91 Å². The van der Waals surface area contributed by atoms with Gasteiger partial charge in [0, 0.05) is 5.56 Å². The lowest BCUT2D eigenvalue weighted by Gasteiger charge is -2.18. The molecule has 0 unspecified atom stereocenters. The molecule has 5 heteroatoms. The maximum absolute atomic E-state index is 13.8. The van der Waals surface area contributed by atoms with Crippen molar-refractivity contribution in [2.24, 2.45) is 11.8 Å². The van der Waals surface area contributed by atoms with Crippen LogP contribution in [0.1, 0.15) is 24.8 Å². The Bertz CT molecular complexity index is 553. The van der Waals surface area contributed by atoms with Gasteiger partial charge in [-0.2, -0.15) is 0 Å². The van der Waals surface area contributed by atoms with Crippen molar-refractivity contribution in [2.45, 2.75) is 24.8 Å². The number of aliphatic carboxylic acids is 1. The van der Waals surface area contributed by atoms with E-state index in [0.29, 0.717) is 24.8 Å². The van der Waals surface area contributed by atoms with Gasteiger partial charge in [-0.3, -0.25) is 9.59 Å². The molecule has 0 spiro atoms. The second kappa shape index (κ2) is 4.05. The first-order chi connectivity index (χ1) is 9.03. The monoisotopic (exact) mass is 263 g/mol. The van der Waals surface area contributed by atoms with Gasteiger partial charge in [0.15, 0.2) is 0 Å². The third kappa shape index (κ3) is 2.09. The van der Waals surface area contributed by atoms with Crippen molar-refractivity contribution < 1.29 is 19.1 Å². The van der Waals surface area contributed by atoms with Gasteiger partial charge in [-0.05, 0) is 25.3 Å². The molecule has 2 atom stereocenters. The average Bonchev–Trinajstić information content (AvgIpc) is 3.24. The number of carboxylic acids is 1. The fourth-order valence-electron chi connectivity index (χ4n) is 2.52. The summed E-state index contributed by atoms with van der Waals surface area (Å²) in [4.78, 5) is 22.7. The summed E-state index contributed by atoms with van der Waals surface area (Å²) < 4.78 is 13.8. The number of carbonyl (C=O) groups is 2.